The fourth-order valence-corrected chi connectivity index (χ4v) is 3.75. The lowest BCUT2D eigenvalue weighted by atomic mass is 10.1. The van der Waals surface area contributed by atoms with Crippen molar-refractivity contribution in [1.82, 2.24) is 15.3 Å². The van der Waals surface area contributed by atoms with Crippen molar-refractivity contribution in [3.63, 3.8) is 0 Å². The van der Waals surface area contributed by atoms with Crippen molar-refractivity contribution < 1.29 is 9.53 Å². The quantitative estimate of drug-likeness (QED) is 0.798. The number of nitrogens with one attached hydrogen (secondary N) is 2. The Balaban J connectivity index is 1.58. The van der Waals surface area contributed by atoms with E-state index in [0.717, 1.165) is 4.88 Å². The van der Waals surface area contributed by atoms with Gasteiger partial charge in [-0.05, 0) is 37.3 Å². The summed E-state index contributed by atoms with van der Waals surface area (Å²) in [7, 11) is 0. The fourth-order valence-electron chi connectivity index (χ4n) is 2.91. The van der Waals surface area contributed by atoms with E-state index in [0.29, 0.717) is 56.5 Å². The molecule has 0 saturated carbocycles. The molecule has 0 atom stereocenters. The summed E-state index contributed by atoms with van der Waals surface area (Å²) >= 11 is 1.63. The first kappa shape index (κ1) is 18.6. The van der Waals surface area contributed by atoms with Gasteiger partial charge in [0.05, 0.1) is 19.8 Å². The molecule has 8 heteroatoms. The molecule has 26 heavy (non-hydrogen) atoms. The van der Waals surface area contributed by atoms with Gasteiger partial charge in [-0.1, -0.05) is 0 Å². The van der Waals surface area contributed by atoms with Crippen LogP contribution in [0.25, 0.3) is 0 Å². The lowest BCUT2D eigenvalue weighted by molar-refractivity contribution is -0.121. The standard InChI is InChI=1S/C18H24N4O3S/c1-12-5-10-26-15(12)11-19-16(23)4-3-14-13(2)20-18(21-17(14)24)22-6-8-25-9-7-22/h5,10H,3-4,6-9,11H2,1-2H3,(H,19,23)(H,20,21,24). The summed E-state index contributed by atoms with van der Waals surface area (Å²) in [5, 5.41) is 4.93. The Morgan fingerprint density at radius 2 is 2.15 bits per heavy atom. The van der Waals surface area contributed by atoms with E-state index in [1.807, 2.05) is 30.2 Å². The fraction of sp³-hybridized carbons (Fsp3) is 0.500. The van der Waals surface area contributed by atoms with Gasteiger partial charge in [-0.2, -0.15) is 0 Å². The van der Waals surface area contributed by atoms with E-state index in [4.69, 9.17) is 4.74 Å². The van der Waals surface area contributed by atoms with Crippen LogP contribution in [0.2, 0.25) is 0 Å². The zero-order valence-corrected chi connectivity index (χ0v) is 15.9. The van der Waals surface area contributed by atoms with Gasteiger partial charge in [0.15, 0.2) is 0 Å². The second-order valence-electron chi connectivity index (χ2n) is 6.36. The molecular formula is C18H24N4O3S. The minimum atomic E-state index is -0.166. The molecule has 3 rings (SSSR count). The Morgan fingerprint density at radius 1 is 1.38 bits per heavy atom. The van der Waals surface area contributed by atoms with Crippen LogP contribution in [-0.4, -0.2) is 42.2 Å². The molecule has 2 aromatic heterocycles. The van der Waals surface area contributed by atoms with E-state index in [2.05, 4.69) is 15.3 Å². The van der Waals surface area contributed by atoms with Gasteiger partial charge in [0, 0.05) is 35.6 Å². The Labute approximate surface area is 156 Å². The molecular weight excluding hydrogens is 352 g/mol. The highest BCUT2D eigenvalue weighted by atomic mass is 32.1. The maximum Gasteiger partial charge on any atom is 0.255 e. The van der Waals surface area contributed by atoms with Gasteiger partial charge >= 0.3 is 0 Å². The molecule has 1 saturated heterocycles. The number of rotatable bonds is 6. The van der Waals surface area contributed by atoms with Crippen molar-refractivity contribution in [3.05, 3.63) is 43.5 Å². The molecule has 0 radical (unpaired) electrons. The first-order valence-corrected chi connectivity index (χ1v) is 9.64. The maximum atomic E-state index is 12.4. The smallest absolute Gasteiger partial charge is 0.255 e. The van der Waals surface area contributed by atoms with Crippen LogP contribution in [0.1, 0.15) is 28.1 Å². The van der Waals surface area contributed by atoms with Gasteiger partial charge in [-0.15, -0.1) is 11.3 Å². The number of anilines is 1. The predicted molar refractivity (Wildman–Crippen MR) is 102 cm³/mol. The monoisotopic (exact) mass is 376 g/mol. The van der Waals surface area contributed by atoms with E-state index >= 15 is 0 Å². The zero-order valence-electron chi connectivity index (χ0n) is 15.1. The number of amides is 1. The van der Waals surface area contributed by atoms with Gasteiger partial charge in [0.25, 0.3) is 5.56 Å². The molecule has 2 N–H and O–H groups in total. The normalized spacial score (nSPS) is 14.5. The molecule has 0 spiro atoms. The summed E-state index contributed by atoms with van der Waals surface area (Å²) in [5.41, 5.74) is 2.27. The van der Waals surface area contributed by atoms with Gasteiger partial charge < -0.3 is 15.0 Å². The van der Waals surface area contributed by atoms with Gasteiger partial charge in [-0.3, -0.25) is 14.6 Å². The SMILES string of the molecule is Cc1ccsc1CNC(=O)CCc1c(C)nc(N2CCOCC2)[nH]c1=O. The average Bonchev–Trinajstić information content (AvgIpc) is 3.05. The van der Waals surface area contributed by atoms with Crippen LogP contribution in [0.5, 0.6) is 0 Å². The Bertz CT molecular complexity index is 824. The number of thiophene rings is 1. The van der Waals surface area contributed by atoms with Crippen LogP contribution in [0.15, 0.2) is 16.2 Å². The molecule has 7 nitrogen and oxygen atoms in total. The first-order chi connectivity index (χ1) is 12.5. The van der Waals surface area contributed by atoms with Crippen LogP contribution in [0.3, 0.4) is 0 Å². The van der Waals surface area contributed by atoms with Crippen molar-refractivity contribution >= 4 is 23.2 Å². The summed E-state index contributed by atoms with van der Waals surface area (Å²) in [6.07, 6.45) is 0.653. The third-order valence-corrected chi connectivity index (χ3v) is 5.56. The maximum absolute atomic E-state index is 12.4. The topological polar surface area (TPSA) is 87.3 Å². The summed E-state index contributed by atoms with van der Waals surface area (Å²) in [6.45, 7) is 7.08. The summed E-state index contributed by atoms with van der Waals surface area (Å²) in [6, 6.07) is 2.04. The molecule has 0 unspecified atom stereocenters. The molecule has 140 valence electrons. The predicted octanol–water partition coefficient (Wildman–Crippen LogP) is 1.53. The highest BCUT2D eigenvalue weighted by Gasteiger charge is 2.16. The minimum Gasteiger partial charge on any atom is -0.378 e. The lowest BCUT2D eigenvalue weighted by Crippen LogP contribution is -2.38. The number of aromatic nitrogens is 2. The third-order valence-electron chi connectivity index (χ3n) is 4.54. The van der Waals surface area contributed by atoms with Crippen molar-refractivity contribution in [3.8, 4) is 0 Å². The molecule has 3 heterocycles. The van der Waals surface area contributed by atoms with Crippen molar-refractivity contribution in [2.45, 2.75) is 33.2 Å². The number of aryl methyl sites for hydroxylation is 2. The molecule has 1 aliphatic rings. The molecule has 0 aromatic carbocycles. The summed E-state index contributed by atoms with van der Waals surface area (Å²) in [5.74, 6) is 0.519. The van der Waals surface area contributed by atoms with Gasteiger partial charge in [-0.25, -0.2) is 4.98 Å². The molecule has 0 bridgehead atoms. The van der Waals surface area contributed by atoms with E-state index in [-0.39, 0.29) is 17.9 Å². The van der Waals surface area contributed by atoms with Gasteiger partial charge in [0.1, 0.15) is 0 Å². The van der Waals surface area contributed by atoms with Crippen LogP contribution in [0, 0.1) is 13.8 Å². The van der Waals surface area contributed by atoms with Crippen molar-refractivity contribution in [2.75, 3.05) is 31.2 Å². The third kappa shape index (κ3) is 4.50. The first-order valence-electron chi connectivity index (χ1n) is 8.76. The highest BCUT2D eigenvalue weighted by molar-refractivity contribution is 7.10. The number of hydrogen-bond acceptors (Lipinski definition) is 6. The largest absolute Gasteiger partial charge is 0.378 e. The number of carbonyl (C=O) groups is 1. The Kier molecular flexibility index (Phi) is 6.05. The van der Waals surface area contributed by atoms with E-state index < -0.39 is 0 Å². The number of aromatic amines is 1. The van der Waals surface area contributed by atoms with Crippen molar-refractivity contribution in [1.29, 1.82) is 0 Å². The zero-order chi connectivity index (χ0) is 18.5. The number of ether oxygens (including phenoxy) is 1. The molecule has 0 aliphatic carbocycles. The lowest BCUT2D eigenvalue weighted by Gasteiger charge is -2.27. The Morgan fingerprint density at radius 3 is 2.81 bits per heavy atom. The summed E-state index contributed by atoms with van der Waals surface area (Å²) < 4.78 is 5.32. The molecule has 1 fully saturated rings. The van der Waals surface area contributed by atoms with E-state index in [1.54, 1.807) is 11.3 Å². The van der Waals surface area contributed by atoms with Gasteiger partial charge in [0.2, 0.25) is 11.9 Å². The summed E-state index contributed by atoms with van der Waals surface area (Å²) in [4.78, 5) is 35.1. The second kappa shape index (κ2) is 8.46. The van der Waals surface area contributed by atoms with Crippen LogP contribution < -0.4 is 15.8 Å². The second-order valence-corrected chi connectivity index (χ2v) is 7.36. The number of carbonyl (C=O) groups excluding carboxylic acids is 1. The van der Waals surface area contributed by atoms with E-state index in [9.17, 15) is 9.59 Å². The number of nitrogens with zero attached hydrogens (tertiary/aromatic N) is 2. The minimum absolute atomic E-state index is 0.0612. The number of hydrogen-bond donors (Lipinski definition) is 2. The number of morpholine rings is 1. The van der Waals surface area contributed by atoms with Crippen LogP contribution in [0.4, 0.5) is 5.95 Å². The molecule has 2 aromatic rings. The molecule has 1 aliphatic heterocycles. The average molecular weight is 376 g/mol. The van der Waals surface area contributed by atoms with Crippen LogP contribution >= 0.6 is 11.3 Å². The highest BCUT2D eigenvalue weighted by Crippen LogP contribution is 2.15. The van der Waals surface area contributed by atoms with Crippen LogP contribution in [-0.2, 0) is 22.5 Å². The Hall–Kier alpha value is -2.19. The van der Waals surface area contributed by atoms with E-state index in [1.165, 1.54) is 5.56 Å². The molecule has 1 amide bonds. The number of H-pyrrole nitrogens is 1. The van der Waals surface area contributed by atoms with Crippen molar-refractivity contribution in [2.24, 2.45) is 0 Å².